The van der Waals surface area contributed by atoms with Crippen molar-refractivity contribution in [2.45, 2.75) is 32.7 Å². The first-order valence-corrected chi connectivity index (χ1v) is 11.0. The monoisotopic (exact) mass is 456 g/mol. The summed E-state index contributed by atoms with van der Waals surface area (Å²) in [5, 5.41) is 10.5. The summed E-state index contributed by atoms with van der Waals surface area (Å²) in [5.41, 5.74) is 8.92. The molecule has 0 spiro atoms. The van der Waals surface area contributed by atoms with Crippen molar-refractivity contribution in [1.29, 1.82) is 0 Å². The van der Waals surface area contributed by atoms with Crippen LogP contribution in [0.3, 0.4) is 0 Å². The Balaban J connectivity index is 1.50. The second-order valence-corrected chi connectivity index (χ2v) is 8.84. The van der Waals surface area contributed by atoms with Gasteiger partial charge in [0.05, 0.1) is 11.4 Å². The van der Waals surface area contributed by atoms with Crippen LogP contribution < -0.4 is 21.1 Å². The molecular formula is C26H28N6O2. The zero-order valence-corrected chi connectivity index (χ0v) is 19.4. The lowest BCUT2D eigenvalue weighted by Gasteiger charge is -2.14. The highest BCUT2D eigenvalue weighted by Gasteiger charge is 2.21. The summed E-state index contributed by atoms with van der Waals surface area (Å²) in [4.78, 5) is 16.8. The van der Waals surface area contributed by atoms with Crippen LogP contribution in [0.15, 0.2) is 79.1 Å². The van der Waals surface area contributed by atoms with Gasteiger partial charge >= 0.3 is 6.03 Å². The molecule has 0 unspecified atom stereocenters. The van der Waals surface area contributed by atoms with Gasteiger partial charge in [0.15, 0.2) is 0 Å². The van der Waals surface area contributed by atoms with Gasteiger partial charge in [0.25, 0.3) is 0 Å². The van der Waals surface area contributed by atoms with Crippen LogP contribution in [0.5, 0.6) is 11.5 Å². The minimum atomic E-state index is -0.376. The van der Waals surface area contributed by atoms with E-state index >= 15 is 0 Å². The number of nitrogens with zero attached hydrogens (tertiary/aromatic N) is 3. The molecule has 4 rings (SSSR count). The van der Waals surface area contributed by atoms with Crippen molar-refractivity contribution >= 4 is 17.5 Å². The van der Waals surface area contributed by atoms with Gasteiger partial charge in [-0.1, -0.05) is 32.9 Å². The third-order valence-corrected chi connectivity index (χ3v) is 5.11. The summed E-state index contributed by atoms with van der Waals surface area (Å²) in [6, 6.07) is 20.0. The van der Waals surface area contributed by atoms with Gasteiger partial charge in [0.1, 0.15) is 17.3 Å². The highest BCUT2D eigenvalue weighted by atomic mass is 16.5. The fraction of sp³-hybridized carbons (Fsp3) is 0.192. The summed E-state index contributed by atoms with van der Waals surface area (Å²) in [6.45, 7) is 6.66. The van der Waals surface area contributed by atoms with Gasteiger partial charge in [-0.2, -0.15) is 5.10 Å². The third-order valence-electron chi connectivity index (χ3n) is 5.11. The first kappa shape index (κ1) is 23.0. The number of nitrogens with one attached hydrogen (secondary N) is 2. The number of nitrogens with two attached hydrogens (primary N) is 1. The lowest BCUT2D eigenvalue weighted by atomic mass is 9.92. The second-order valence-electron chi connectivity index (χ2n) is 8.84. The van der Waals surface area contributed by atoms with Crippen molar-refractivity contribution in [3.8, 4) is 17.2 Å². The fourth-order valence-corrected chi connectivity index (χ4v) is 3.28. The molecule has 0 bridgehead atoms. The van der Waals surface area contributed by atoms with Crippen molar-refractivity contribution in [2.75, 3.05) is 10.6 Å². The lowest BCUT2D eigenvalue weighted by Crippen LogP contribution is -2.21. The average molecular weight is 457 g/mol. The van der Waals surface area contributed by atoms with Gasteiger partial charge < -0.3 is 15.8 Å². The van der Waals surface area contributed by atoms with E-state index in [4.69, 9.17) is 15.6 Å². The van der Waals surface area contributed by atoms with Crippen LogP contribution in [0.2, 0.25) is 0 Å². The number of urea groups is 1. The number of ether oxygens (including phenoxy) is 1. The van der Waals surface area contributed by atoms with Gasteiger partial charge in [0.2, 0.25) is 0 Å². The maximum absolute atomic E-state index is 12.8. The molecule has 0 saturated heterocycles. The summed E-state index contributed by atoms with van der Waals surface area (Å²) in [5.74, 6) is 1.91. The first-order chi connectivity index (χ1) is 16.3. The SMILES string of the molecule is CC(C)(C)c1cc(NC(=O)Nc2ccc(Oc3ccncc3)cc2)n(-c2cccc(CN)c2)n1. The molecule has 2 heterocycles. The van der Waals surface area contributed by atoms with Crippen LogP contribution in [0, 0.1) is 0 Å². The van der Waals surface area contributed by atoms with Crippen molar-refractivity contribution in [2.24, 2.45) is 5.73 Å². The quantitative estimate of drug-likeness (QED) is 0.357. The molecular weight excluding hydrogens is 428 g/mol. The maximum Gasteiger partial charge on any atom is 0.324 e. The van der Waals surface area contributed by atoms with E-state index in [1.165, 1.54) is 0 Å². The first-order valence-electron chi connectivity index (χ1n) is 11.0. The van der Waals surface area contributed by atoms with E-state index < -0.39 is 0 Å². The number of aromatic nitrogens is 3. The molecule has 0 fully saturated rings. The van der Waals surface area contributed by atoms with E-state index in [1.807, 2.05) is 30.3 Å². The van der Waals surface area contributed by atoms with Crippen LogP contribution in [-0.2, 0) is 12.0 Å². The third kappa shape index (κ3) is 5.60. The van der Waals surface area contributed by atoms with Crippen LogP contribution in [0.1, 0.15) is 32.0 Å². The number of hydrogen-bond acceptors (Lipinski definition) is 5. The number of hydrogen-bond donors (Lipinski definition) is 3. The number of pyridine rings is 1. The standard InChI is InChI=1S/C26H28N6O2/c1-26(2,3)23-16-24(32(31-23)20-6-4-5-18(15-20)17-27)30-25(33)29-19-7-9-21(10-8-19)34-22-11-13-28-14-12-22/h4-16H,17,27H2,1-3H3,(H2,29,30,33). The number of benzene rings is 2. The van der Waals surface area contributed by atoms with Crippen LogP contribution in [0.25, 0.3) is 5.69 Å². The highest BCUT2D eigenvalue weighted by molar-refractivity contribution is 5.99. The number of rotatable bonds is 6. The number of amides is 2. The molecule has 0 atom stereocenters. The smallest absolute Gasteiger partial charge is 0.324 e. The van der Waals surface area contributed by atoms with Crippen molar-refractivity contribution in [3.05, 3.63) is 90.4 Å². The van der Waals surface area contributed by atoms with Crippen molar-refractivity contribution in [3.63, 3.8) is 0 Å². The molecule has 4 N–H and O–H groups in total. The van der Waals surface area contributed by atoms with Crippen LogP contribution in [0.4, 0.5) is 16.3 Å². The molecule has 0 aliphatic rings. The highest BCUT2D eigenvalue weighted by Crippen LogP contribution is 2.27. The van der Waals surface area contributed by atoms with E-state index in [-0.39, 0.29) is 11.4 Å². The molecule has 174 valence electrons. The molecule has 2 aromatic carbocycles. The number of carbonyl (C=O) groups excluding carboxylic acids is 1. The predicted molar refractivity (Wildman–Crippen MR) is 134 cm³/mol. The summed E-state index contributed by atoms with van der Waals surface area (Å²) in [7, 11) is 0. The summed E-state index contributed by atoms with van der Waals surface area (Å²) >= 11 is 0. The van der Waals surface area contributed by atoms with E-state index in [2.05, 4.69) is 36.4 Å². The second kappa shape index (κ2) is 9.76. The molecule has 2 amide bonds. The van der Waals surface area contributed by atoms with Crippen molar-refractivity contribution < 1.29 is 9.53 Å². The lowest BCUT2D eigenvalue weighted by molar-refractivity contribution is 0.262. The van der Waals surface area contributed by atoms with E-state index in [9.17, 15) is 4.79 Å². The Hall–Kier alpha value is -4.17. The summed E-state index contributed by atoms with van der Waals surface area (Å²) in [6.07, 6.45) is 3.33. The Morgan fingerprint density at radius 2 is 1.68 bits per heavy atom. The molecule has 0 aliphatic carbocycles. The van der Waals surface area contributed by atoms with E-state index in [0.717, 1.165) is 16.9 Å². The molecule has 2 aromatic heterocycles. The molecule has 34 heavy (non-hydrogen) atoms. The fourth-order valence-electron chi connectivity index (χ4n) is 3.28. The zero-order valence-electron chi connectivity index (χ0n) is 19.4. The normalized spacial score (nSPS) is 11.2. The zero-order chi connectivity index (χ0) is 24.1. The van der Waals surface area contributed by atoms with Gasteiger partial charge in [-0.15, -0.1) is 0 Å². The van der Waals surface area contributed by atoms with Gasteiger partial charge in [0, 0.05) is 36.1 Å². The molecule has 8 heteroatoms. The maximum atomic E-state index is 12.8. The van der Waals surface area contributed by atoms with Gasteiger partial charge in [-0.3, -0.25) is 10.3 Å². The Morgan fingerprint density at radius 1 is 0.971 bits per heavy atom. The number of carbonyl (C=O) groups is 1. The van der Waals surface area contributed by atoms with E-state index in [1.54, 1.807) is 53.5 Å². The minimum absolute atomic E-state index is 0.186. The Bertz CT molecular complexity index is 1260. The summed E-state index contributed by atoms with van der Waals surface area (Å²) < 4.78 is 7.49. The van der Waals surface area contributed by atoms with Crippen LogP contribution in [-0.4, -0.2) is 20.8 Å². The molecule has 0 radical (unpaired) electrons. The minimum Gasteiger partial charge on any atom is -0.457 e. The number of anilines is 2. The molecule has 8 nitrogen and oxygen atoms in total. The largest absolute Gasteiger partial charge is 0.457 e. The van der Waals surface area contributed by atoms with E-state index in [0.29, 0.717) is 29.5 Å². The molecule has 0 aliphatic heterocycles. The van der Waals surface area contributed by atoms with Crippen molar-refractivity contribution in [1.82, 2.24) is 14.8 Å². The van der Waals surface area contributed by atoms with Gasteiger partial charge in [-0.25, -0.2) is 9.48 Å². The Kier molecular flexibility index (Phi) is 6.60. The molecule has 0 saturated carbocycles. The Morgan fingerprint density at radius 3 is 2.35 bits per heavy atom. The van der Waals surface area contributed by atoms with Crippen LogP contribution >= 0.6 is 0 Å². The average Bonchev–Trinajstić information content (AvgIpc) is 3.25. The predicted octanol–water partition coefficient (Wildman–Crippen LogP) is 5.46. The van der Waals surface area contributed by atoms with Gasteiger partial charge in [-0.05, 0) is 54.1 Å². The topological polar surface area (TPSA) is 107 Å². The molecule has 4 aromatic rings. The Labute approximate surface area is 198 Å².